The lowest BCUT2D eigenvalue weighted by Crippen LogP contribution is -2.01. The number of nitrogens with zero attached hydrogens (tertiary/aromatic N) is 3. The quantitative estimate of drug-likeness (QED) is 0.777. The summed E-state index contributed by atoms with van der Waals surface area (Å²) in [5, 5.41) is 10.3. The monoisotopic (exact) mass is 251 g/mol. The zero-order chi connectivity index (χ0) is 13.1. The number of aliphatic hydroxyl groups is 1. The number of hydrogen-bond acceptors (Lipinski definition) is 3. The zero-order valence-corrected chi connectivity index (χ0v) is 10.2. The van der Waals surface area contributed by atoms with Gasteiger partial charge in [-0.2, -0.15) is 0 Å². The Kier molecular flexibility index (Phi) is 3.08. The van der Waals surface area contributed by atoms with Crippen molar-refractivity contribution >= 4 is 0 Å². The Balaban J connectivity index is 1.87. The second kappa shape index (κ2) is 5.04. The molecule has 0 saturated carbocycles. The van der Waals surface area contributed by atoms with E-state index in [1.54, 1.807) is 18.7 Å². The molecule has 4 nitrogen and oxygen atoms in total. The number of benzene rings is 1. The number of rotatable bonds is 3. The third-order valence-electron chi connectivity index (χ3n) is 2.97. The first-order valence-corrected chi connectivity index (χ1v) is 6.02. The molecule has 1 N–H and O–H groups in total. The van der Waals surface area contributed by atoms with E-state index >= 15 is 0 Å². The van der Waals surface area contributed by atoms with Gasteiger partial charge in [0.1, 0.15) is 18.2 Å². The van der Waals surface area contributed by atoms with Gasteiger partial charge in [0, 0.05) is 24.2 Å². The Morgan fingerprint density at radius 1 is 1.00 bits per heavy atom. The van der Waals surface area contributed by atoms with Crippen LogP contribution in [0.5, 0.6) is 0 Å². The van der Waals surface area contributed by atoms with Crippen molar-refractivity contribution in [3.8, 4) is 5.82 Å². The van der Waals surface area contributed by atoms with Crippen molar-refractivity contribution in [1.29, 1.82) is 0 Å². The van der Waals surface area contributed by atoms with E-state index in [-0.39, 0.29) is 0 Å². The minimum atomic E-state index is -0.648. The molecule has 0 aliphatic carbocycles. The molecule has 0 saturated heterocycles. The van der Waals surface area contributed by atoms with E-state index in [0.29, 0.717) is 0 Å². The van der Waals surface area contributed by atoms with Crippen molar-refractivity contribution in [3.63, 3.8) is 0 Å². The molecule has 94 valence electrons. The van der Waals surface area contributed by atoms with Gasteiger partial charge in [-0.05, 0) is 11.6 Å². The Hall–Kier alpha value is -2.46. The van der Waals surface area contributed by atoms with E-state index in [0.717, 1.165) is 16.9 Å². The van der Waals surface area contributed by atoms with E-state index in [2.05, 4.69) is 9.97 Å². The normalized spacial score (nSPS) is 12.3. The Bertz CT molecular complexity index is 633. The molecular weight excluding hydrogens is 238 g/mol. The zero-order valence-electron chi connectivity index (χ0n) is 10.2. The fourth-order valence-electron chi connectivity index (χ4n) is 1.93. The fourth-order valence-corrected chi connectivity index (χ4v) is 1.93. The first-order valence-electron chi connectivity index (χ1n) is 6.02. The van der Waals surface area contributed by atoms with Gasteiger partial charge in [-0.25, -0.2) is 9.97 Å². The lowest BCUT2D eigenvalue weighted by atomic mass is 10.0. The number of aliphatic hydroxyl groups excluding tert-OH is 1. The summed E-state index contributed by atoms with van der Waals surface area (Å²) in [6.07, 6.45) is 6.26. The minimum Gasteiger partial charge on any atom is -0.384 e. The summed E-state index contributed by atoms with van der Waals surface area (Å²) >= 11 is 0. The average Bonchev–Trinajstić information content (AvgIpc) is 3.02. The Morgan fingerprint density at radius 3 is 2.47 bits per heavy atom. The number of pyridine rings is 1. The number of imidazole rings is 1. The number of aromatic nitrogens is 3. The van der Waals surface area contributed by atoms with Crippen LogP contribution < -0.4 is 0 Å². The minimum absolute atomic E-state index is 0.648. The van der Waals surface area contributed by atoms with Crippen LogP contribution in [0.3, 0.4) is 0 Å². The van der Waals surface area contributed by atoms with Gasteiger partial charge < -0.3 is 5.11 Å². The molecule has 0 fully saturated rings. The van der Waals surface area contributed by atoms with Gasteiger partial charge in [-0.1, -0.05) is 36.4 Å². The molecule has 1 aromatic carbocycles. The summed E-state index contributed by atoms with van der Waals surface area (Å²) in [7, 11) is 0. The third-order valence-corrected chi connectivity index (χ3v) is 2.97. The van der Waals surface area contributed by atoms with Crippen LogP contribution in [0.15, 0.2) is 67.4 Å². The average molecular weight is 251 g/mol. The predicted octanol–water partition coefficient (Wildman–Crippen LogP) is 2.35. The Morgan fingerprint density at radius 2 is 1.84 bits per heavy atom. The van der Waals surface area contributed by atoms with Gasteiger partial charge in [-0.15, -0.1) is 0 Å². The molecule has 0 amide bonds. The molecular formula is C15H13N3O. The van der Waals surface area contributed by atoms with Gasteiger partial charge in [0.25, 0.3) is 0 Å². The topological polar surface area (TPSA) is 50.9 Å². The van der Waals surface area contributed by atoms with Gasteiger partial charge in [-0.3, -0.25) is 4.57 Å². The summed E-state index contributed by atoms with van der Waals surface area (Å²) in [6, 6.07) is 13.3. The summed E-state index contributed by atoms with van der Waals surface area (Å²) in [5.74, 6) is 0.779. The largest absolute Gasteiger partial charge is 0.384 e. The van der Waals surface area contributed by atoms with E-state index in [1.807, 2.05) is 53.2 Å². The van der Waals surface area contributed by atoms with Crippen LogP contribution in [0.2, 0.25) is 0 Å². The molecule has 0 spiro atoms. The molecule has 0 aliphatic rings. The predicted molar refractivity (Wildman–Crippen MR) is 71.9 cm³/mol. The van der Waals surface area contributed by atoms with Crippen molar-refractivity contribution in [1.82, 2.24) is 14.5 Å². The van der Waals surface area contributed by atoms with E-state index in [4.69, 9.17) is 0 Å². The van der Waals surface area contributed by atoms with Crippen LogP contribution in [0.4, 0.5) is 0 Å². The van der Waals surface area contributed by atoms with Gasteiger partial charge >= 0.3 is 0 Å². The van der Waals surface area contributed by atoms with Crippen LogP contribution >= 0.6 is 0 Å². The number of hydrogen-bond donors (Lipinski definition) is 1. The first-order chi connectivity index (χ1) is 9.34. The summed E-state index contributed by atoms with van der Waals surface area (Å²) in [5.41, 5.74) is 1.63. The highest BCUT2D eigenvalue weighted by Gasteiger charge is 2.10. The van der Waals surface area contributed by atoms with E-state index < -0.39 is 6.10 Å². The van der Waals surface area contributed by atoms with Crippen LogP contribution in [0.25, 0.3) is 5.82 Å². The van der Waals surface area contributed by atoms with Crippen molar-refractivity contribution < 1.29 is 5.11 Å². The lowest BCUT2D eigenvalue weighted by molar-refractivity contribution is 0.220. The molecule has 4 heteroatoms. The maximum Gasteiger partial charge on any atom is 0.137 e. The second-order valence-electron chi connectivity index (χ2n) is 4.23. The molecule has 19 heavy (non-hydrogen) atoms. The van der Waals surface area contributed by atoms with Crippen LogP contribution in [0, 0.1) is 0 Å². The molecule has 2 aromatic heterocycles. The summed E-state index contributed by atoms with van der Waals surface area (Å²) < 4.78 is 1.82. The van der Waals surface area contributed by atoms with Gasteiger partial charge in [0.05, 0.1) is 0 Å². The molecule has 3 aromatic rings. The van der Waals surface area contributed by atoms with E-state index in [9.17, 15) is 5.11 Å². The van der Waals surface area contributed by atoms with Crippen molar-refractivity contribution in [2.75, 3.05) is 0 Å². The smallest absolute Gasteiger partial charge is 0.137 e. The van der Waals surface area contributed by atoms with Crippen LogP contribution in [-0.4, -0.2) is 19.6 Å². The highest BCUT2D eigenvalue weighted by Crippen LogP contribution is 2.21. The maximum absolute atomic E-state index is 10.3. The van der Waals surface area contributed by atoms with E-state index in [1.165, 1.54) is 0 Å². The highest BCUT2D eigenvalue weighted by molar-refractivity contribution is 5.32. The van der Waals surface area contributed by atoms with Crippen molar-refractivity contribution in [2.24, 2.45) is 0 Å². The molecule has 3 rings (SSSR count). The van der Waals surface area contributed by atoms with Crippen LogP contribution in [-0.2, 0) is 0 Å². The van der Waals surface area contributed by atoms with Crippen molar-refractivity contribution in [3.05, 3.63) is 78.5 Å². The lowest BCUT2D eigenvalue weighted by Gasteiger charge is -2.11. The standard InChI is InChI=1S/C15H13N3O/c19-15(12-4-2-1-3-5-12)13-6-7-14(17-10-13)18-9-8-16-11-18/h1-11,15,19H. The Labute approximate surface area is 111 Å². The molecule has 1 atom stereocenters. The summed E-state index contributed by atoms with van der Waals surface area (Å²) in [6.45, 7) is 0. The SMILES string of the molecule is OC(c1ccccc1)c1ccc(-n2ccnc2)nc1. The second-order valence-corrected chi connectivity index (χ2v) is 4.23. The fraction of sp³-hybridized carbons (Fsp3) is 0.0667. The molecule has 0 bridgehead atoms. The highest BCUT2D eigenvalue weighted by atomic mass is 16.3. The van der Waals surface area contributed by atoms with Crippen molar-refractivity contribution in [2.45, 2.75) is 6.10 Å². The van der Waals surface area contributed by atoms with Crippen LogP contribution in [0.1, 0.15) is 17.2 Å². The molecule has 1 unspecified atom stereocenters. The molecule has 0 aliphatic heterocycles. The summed E-state index contributed by atoms with van der Waals surface area (Å²) in [4.78, 5) is 8.31. The third kappa shape index (κ3) is 2.39. The molecule has 0 radical (unpaired) electrons. The first kappa shape index (κ1) is 11.6. The maximum atomic E-state index is 10.3. The van der Waals surface area contributed by atoms with Gasteiger partial charge in [0.2, 0.25) is 0 Å². The molecule has 2 heterocycles. The van der Waals surface area contributed by atoms with Gasteiger partial charge in [0.15, 0.2) is 0 Å².